The molecule has 1 unspecified atom stereocenters. The summed E-state index contributed by atoms with van der Waals surface area (Å²) in [4.78, 5) is 14.7. The Morgan fingerprint density at radius 2 is 2.08 bits per heavy atom. The summed E-state index contributed by atoms with van der Waals surface area (Å²) in [6.45, 7) is 8.98. The van der Waals surface area contributed by atoms with Gasteiger partial charge in [-0.3, -0.25) is 4.90 Å². The number of hydrogen-bond acceptors (Lipinski definition) is 3. The summed E-state index contributed by atoms with van der Waals surface area (Å²) in [5, 5.41) is 15.5. The van der Waals surface area contributed by atoms with Crippen LogP contribution in [0.2, 0.25) is 0 Å². The SMILES string of the molecule is CCCC(C)(CO)NC(=O)NC1CCN(Cc2cccc(C)c2)CC1. The quantitative estimate of drug-likeness (QED) is 0.711. The molecule has 1 aliphatic rings. The van der Waals surface area contributed by atoms with Gasteiger partial charge in [-0.2, -0.15) is 0 Å². The van der Waals surface area contributed by atoms with E-state index in [4.69, 9.17) is 0 Å². The fourth-order valence-corrected chi connectivity index (χ4v) is 3.53. The Bertz CT molecular complexity index is 556. The second-order valence-electron chi connectivity index (χ2n) is 7.61. The van der Waals surface area contributed by atoms with Crippen molar-refractivity contribution in [3.8, 4) is 0 Å². The van der Waals surface area contributed by atoms with E-state index in [1.807, 2.05) is 6.92 Å². The van der Waals surface area contributed by atoms with Gasteiger partial charge >= 0.3 is 6.03 Å². The summed E-state index contributed by atoms with van der Waals surface area (Å²) in [5.41, 5.74) is 2.11. The van der Waals surface area contributed by atoms with Crippen LogP contribution in [0, 0.1) is 6.92 Å². The van der Waals surface area contributed by atoms with E-state index in [0.29, 0.717) is 0 Å². The number of amides is 2. The van der Waals surface area contributed by atoms with Crippen LogP contribution >= 0.6 is 0 Å². The minimum absolute atomic E-state index is 0.0385. The van der Waals surface area contributed by atoms with Crippen molar-refractivity contribution in [2.45, 2.75) is 64.6 Å². The van der Waals surface area contributed by atoms with Crippen molar-refractivity contribution in [2.24, 2.45) is 0 Å². The normalized spacial score (nSPS) is 18.6. The molecule has 140 valence electrons. The average molecular weight is 348 g/mol. The van der Waals surface area contributed by atoms with Crippen LogP contribution in [0.1, 0.15) is 50.7 Å². The Labute approximate surface area is 151 Å². The Balaban J connectivity index is 1.75. The van der Waals surface area contributed by atoms with Crippen molar-refractivity contribution in [3.63, 3.8) is 0 Å². The fraction of sp³-hybridized carbons (Fsp3) is 0.650. The molecule has 0 aromatic heterocycles. The first-order chi connectivity index (χ1) is 11.9. The van der Waals surface area contributed by atoms with Crippen LogP contribution in [-0.2, 0) is 6.54 Å². The molecule has 3 N–H and O–H groups in total. The highest BCUT2D eigenvalue weighted by molar-refractivity contribution is 5.75. The second-order valence-corrected chi connectivity index (χ2v) is 7.61. The van der Waals surface area contributed by atoms with Crippen LogP contribution in [0.4, 0.5) is 4.79 Å². The van der Waals surface area contributed by atoms with Crippen molar-refractivity contribution in [3.05, 3.63) is 35.4 Å². The number of piperidine rings is 1. The van der Waals surface area contributed by atoms with Crippen molar-refractivity contribution >= 4 is 6.03 Å². The number of nitrogens with one attached hydrogen (secondary N) is 2. The molecule has 5 nitrogen and oxygen atoms in total. The molecule has 0 radical (unpaired) electrons. The van der Waals surface area contributed by atoms with Gasteiger partial charge in [0.1, 0.15) is 0 Å². The van der Waals surface area contributed by atoms with E-state index in [0.717, 1.165) is 45.3 Å². The summed E-state index contributed by atoms with van der Waals surface area (Å²) < 4.78 is 0. The standard InChI is InChI=1S/C20H33N3O2/c1-4-10-20(3,15-24)22-19(25)21-18-8-11-23(12-9-18)14-17-7-5-6-16(2)13-17/h5-7,13,18,24H,4,8-12,14-15H2,1-3H3,(H2,21,22,25). The van der Waals surface area contributed by atoms with Gasteiger partial charge in [0.05, 0.1) is 12.1 Å². The number of likely N-dealkylation sites (tertiary alicyclic amines) is 1. The van der Waals surface area contributed by atoms with Crippen LogP contribution in [0.5, 0.6) is 0 Å². The molecule has 0 saturated carbocycles. The summed E-state index contributed by atoms with van der Waals surface area (Å²) in [5.74, 6) is 0. The number of rotatable bonds is 7. The minimum atomic E-state index is -0.537. The van der Waals surface area contributed by atoms with E-state index < -0.39 is 5.54 Å². The van der Waals surface area contributed by atoms with Crippen molar-refractivity contribution in [2.75, 3.05) is 19.7 Å². The van der Waals surface area contributed by atoms with Crippen molar-refractivity contribution < 1.29 is 9.90 Å². The highest BCUT2D eigenvalue weighted by atomic mass is 16.3. The van der Waals surface area contributed by atoms with Gasteiger partial charge in [-0.25, -0.2) is 4.79 Å². The minimum Gasteiger partial charge on any atom is -0.394 e. The van der Waals surface area contributed by atoms with Gasteiger partial charge in [-0.1, -0.05) is 43.2 Å². The maximum atomic E-state index is 12.2. The number of hydrogen-bond donors (Lipinski definition) is 3. The van der Waals surface area contributed by atoms with E-state index in [1.165, 1.54) is 11.1 Å². The van der Waals surface area contributed by atoms with E-state index >= 15 is 0 Å². The van der Waals surface area contributed by atoms with Gasteiger partial charge in [-0.15, -0.1) is 0 Å². The van der Waals surface area contributed by atoms with Gasteiger partial charge in [-0.05, 0) is 38.7 Å². The van der Waals surface area contributed by atoms with Gasteiger partial charge in [0.15, 0.2) is 0 Å². The second kappa shape index (κ2) is 9.20. The smallest absolute Gasteiger partial charge is 0.315 e. The first-order valence-electron chi connectivity index (χ1n) is 9.41. The molecule has 5 heteroatoms. The van der Waals surface area contributed by atoms with E-state index in [-0.39, 0.29) is 18.7 Å². The number of aliphatic hydroxyl groups excluding tert-OH is 1. The Morgan fingerprint density at radius 1 is 1.36 bits per heavy atom. The third kappa shape index (κ3) is 6.33. The van der Waals surface area contributed by atoms with Gasteiger partial charge < -0.3 is 15.7 Å². The first kappa shape index (κ1) is 19.7. The monoisotopic (exact) mass is 347 g/mol. The molecule has 1 aromatic carbocycles. The molecule has 2 rings (SSSR count). The number of carbonyl (C=O) groups is 1. The van der Waals surface area contributed by atoms with E-state index in [1.54, 1.807) is 0 Å². The molecule has 1 aromatic rings. The summed E-state index contributed by atoms with van der Waals surface area (Å²) in [7, 11) is 0. The van der Waals surface area contributed by atoms with Gasteiger partial charge in [0.2, 0.25) is 0 Å². The molecule has 1 fully saturated rings. The number of aryl methyl sites for hydroxylation is 1. The van der Waals surface area contributed by atoms with Crippen LogP contribution in [0.15, 0.2) is 24.3 Å². The Hall–Kier alpha value is -1.59. The largest absolute Gasteiger partial charge is 0.394 e. The highest BCUT2D eigenvalue weighted by Crippen LogP contribution is 2.15. The molecular weight excluding hydrogens is 314 g/mol. The van der Waals surface area contributed by atoms with E-state index in [2.05, 4.69) is 53.6 Å². The lowest BCUT2D eigenvalue weighted by molar-refractivity contribution is 0.155. The molecule has 0 aliphatic carbocycles. The first-order valence-corrected chi connectivity index (χ1v) is 9.41. The average Bonchev–Trinajstić information content (AvgIpc) is 2.57. The molecule has 25 heavy (non-hydrogen) atoms. The molecule has 0 spiro atoms. The fourth-order valence-electron chi connectivity index (χ4n) is 3.53. The lowest BCUT2D eigenvalue weighted by Crippen LogP contribution is -2.55. The topological polar surface area (TPSA) is 64.6 Å². The molecule has 1 atom stereocenters. The zero-order valence-corrected chi connectivity index (χ0v) is 15.8. The highest BCUT2D eigenvalue weighted by Gasteiger charge is 2.26. The zero-order chi connectivity index (χ0) is 18.3. The number of benzene rings is 1. The van der Waals surface area contributed by atoms with Gasteiger partial charge in [0.25, 0.3) is 0 Å². The van der Waals surface area contributed by atoms with Crippen LogP contribution < -0.4 is 10.6 Å². The van der Waals surface area contributed by atoms with Crippen LogP contribution in [0.25, 0.3) is 0 Å². The summed E-state index contributed by atoms with van der Waals surface area (Å²) in [6.07, 6.45) is 3.62. The van der Waals surface area contributed by atoms with Crippen molar-refractivity contribution in [1.82, 2.24) is 15.5 Å². The molecule has 0 bridgehead atoms. The van der Waals surface area contributed by atoms with Crippen molar-refractivity contribution in [1.29, 1.82) is 0 Å². The lowest BCUT2D eigenvalue weighted by atomic mass is 9.97. The molecule has 1 aliphatic heterocycles. The maximum Gasteiger partial charge on any atom is 0.315 e. The van der Waals surface area contributed by atoms with E-state index in [9.17, 15) is 9.90 Å². The third-order valence-electron chi connectivity index (χ3n) is 4.98. The van der Waals surface area contributed by atoms with Gasteiger partial charge in [0, 0.05) is 25.7 Å². The summed E-state index contributed by atoms with van der Waals surface area (Å²) >= 11 is 0. The molecule has 2 amide bonds. The molecular formula is C20H33N3O2. The predicted octanol–water partition coefficient (Wildman–Crippen LogP) is 2.81. The number of carbonyl (C=O) groups excluding carboxylic acids is 1. The summed E-state index contributed by atoms with van der Waals surface area (Å²) in [6, 6.07) is 8.69. The lowest BCUT2D eigenvalue weighted by Gasteiger charge is -2.34. The Morgan fingerprint density at radius 3 is 2.68 bits per heavy atom. The van der Waals surface area contributed by atoms with Crippen LogP contribution in [-0.4, -0.2) is 47.3 Å². The zero-order valence-electron chi connectivity index (χ0n) is 15.8. The third-order valence-corrected chi connectivity index (χ3v) is 4.98. The number of aliphatic hydroxyl groups is 1. The number of nitrogens with zero attached hydrogens (tertiary/aromatic N) is 1. The maximum absolute atomic E-state index is 12.2. The van der Waals surface area contributed by atoms with Crippen LogP contribution in [0.3, 0.4) is 0 Å². The molecule has 1 heterocycles. The number of urea groups is 1. The molecule has 1 saturated heterocycles. The Kier molecular flexibility index (Phi) is 7.26. The predicted molar refractivity (Wildman–Crippen MR) is 102 cm³/mol.